The highest BCUT2D eigenvalue weighted by Crippen LogP contribution is 2.22. The summed E-state index contributed by atoms with van der Waals surface area (Å²) in [6.45, 7) is 0. The third-order valence-electron chi connectivity index (χ3n) is 3.18. The lowest BCUT2D eigenvalue weighted by molar-refractivity contribution is -0.104. The van der Waals surface area contributed by atoms with Gasteiger partial charge in [-0.1, -0.05) is 48.6 Å². The van der Waals surface area contributed by atoms with E-state index in [1.165, 1.54) is 22.5 Å². The number of allylic oxidation sites excluding steroid dienone is 5. The first-order chi connectivity index (χ1) is 10.2. The number of benzene rings is 2. The van der Waals surface area contributed by atoms with E-state index in [0.29, 0.717) is 0 Å². The van der Waals surface area contributed by atoms with E-state index in [2.05, 4.69) is 41.3 Å². The molecule has 2 aromatic carbocycles. The van der Waals surface area contributed by atoms with Crippen LogP contribution < -0.4 is 4.90 Å². The van der Waals surface area contributed by atoms with Crippen molar-refractivity contribution in [2.75, 3.05) is 19.0 Å². The van der Waals surface area contributed by atoms with Crippen molar-refractivity contribution in [3.63, 3.8) is 0 Å². The van der Waals surface area contributed by atoms with Gasteiger partial charge >= 0.3 is 0 Å². The highest BCUT2D eigenvalue weighted by atomic mass is 16.1. The van der Waals surface area contributed by atoms with Gasteiger partial charge in [0.1, 0.15) is 6.29 Å². The number of nitrogens with zero attached hydrogens (tertiary/aromatic N) is 1. The SMILES string of the molecule is CN(C)c1ccc2cc(/C=C/C=C/C=C/C=O)ccc2c1. The van der Waals surface area contributed by atoms with E-state index in [0.717, 1.165) is 11.8 Å². The van der Waals surface area contributed by atoms with Crippen LogP contribution in [-0.2, 0) is 4.79 Å². The zero-order valence-electron chi connectivity index (χ0n) is 12.4. The number of hydrogen-bond donors (Lipinski definition) is 0. The van der Waals surface area contributed by atoms with Gasteiger partial charge in [0.15, 0.2) is 0 Å². The number of carbonyl (C=O) groups excluding carboxylic acids is 1. The average molecular weight is 277 g/mol. The number of aldehydes is 1. The lowest BCUT2D eigenvalue weighted by Crippen LogP contribution is -2.07. The fraction of sp³-hybridized carbons (Fsp3) is 0.105. The lowest BCUT2D eigenvalue weighted by Gasteiger charge is -2.13. The smallest absolute Gasteiger partial charge is 0.142 e. The predicted octanol–water partition coefficient (Wildman–Crippen LogP) is 4.23. The van der Waals surface area contributed by atoms with Crippen molar-refractivity contribution in [3.8, 4) is 0 Å². The van der Waals surface area contributed by atoms with Crippen LogP contribution in [0.3, 0.4) is 0 Å². The average Bonchev–Trinajstić information content (AvgIpc) is 2.50. The maximum atomic E-state index is 10.1. The molecule has 2 heteroatoms. The Labute approximate surface area is 125 Å². The number of hydrogen-bond acceptors (Lipinski definition) is 2. The van der Waals surface area contributed by atoms with E-state index < -0.39 is 0 Å². The molecule has 2 nitrogen and oxygen atoms in total. The standard InChI is InChI=1S/C19H19NO/c1-20(2)19-12-11-17-14-16(9-10-18(17)15-19)8-6-4-3-5-7-13-21/h3-15H,1-2H3/b4-3+,7-5+,8-6+. The highest BCUT2D eigenvalue weighted by molar-refractivity contribution is 5.87. The molecule has 106 valence electrons. The minimum atomic E-state index is 0.763. The fourth-order valence-electron chi connectivity index (χ4n) is 2.04. The molecule has 0 fully saturated rings. The first-order valence-electron chi connectivity index (χ1n) is 6.87. The Hall–Kier alpha value is -2.61. The van der Waals surface area contributed by atoms with Gasteiger partial charge in [0.2, 0.25) is 0 Å². The van der Waals surface area contributed by atoms with Crippen LogP contribution in [0.2, 0.25) is 0 Å². The second kappa shape index (κ2) is 7.25. The molecular weight excluding hydrogens is 258 g/mol. The summed E-state index contributed by atoms with van der Waals surface area (Å²) in [5.74, 6) is 0. The van der Waals surface area contributed by atoms with Gasteiger partial charge in [0.05, 0.1) is 0 Å². The van der Waals surface area contributed by atoms with Crippen LogP contribution in [0, 0.1) is 0 Å². The molecule has 0 aliphatic heterocycles. The first kappa shape index (κ1) is 14.8. The van der Waals surface area contributed by atoms with Crippen LogP contribution in [0.25, 0.3) is 16.8 Å². The molecule has 0 saturated heterocycles. The van der Waals surface area contributed by atoms with Gasteiger partial charge in [0.25, 0.3) is 0 Å². The van der Waals surface area contributed by atoms with Crippen LogP contribution in [0.15, 0.2) is 66.8 Å². The summed E-state index contributed by atoms with van der Waals surface area (Å²) < 4.78 is 0. The Balaban J connectivity index is 2.17. The zero-order valence-corrected chi connectivity index (χ0v) is 12.4. The molecule has 0 unspecified atom stereocenters. The van der Waals surface area contributed by atoms with Crippen LogP contribution in [0.4, 0.5) is 5.69 Å². The molecule has 0 N–H and O–H groups in total. The number of rotatable bonds is 5. The Morgan fingerprint density at radius 1 is 0.810 bits per heavy atom. The molecule has 0 atom stereocenters. The molecule has 0 saturated carbocycles. The zero-order chi connectivity index (χ0) is 15.1. The summed E-state index contributed by atoms with van der Waals surface area (Å²) in [5, 5.41) is 2.47. The summed E-state index contributed by atoms with van der Waals surface area (Å²) in [6, 6.07) is 12.9. The summed E-state index contributed by atoms with van der Waals surface area (Å²) in [5.41, 5.74) is 2.36. The van der Waals surface area contributed by atoms with Crippen LogP contribution >= 0.6 is 0 Å². The van der Waals surface area contributed by atoms with E-state index in [1.54, 1.807) is 6.08 Å². The number of fused-ring (bicyclic) bond motifs is 1. The highest BCUT2D eigenvalue weighted by Gasteiger charge is 1.98. The van der Waals surface area contributed by atoms with Gasteiger partial charge in [0, 0.05) is 19.8 Å². The quantitative estimate of drug-likeness (QED) is 0.463. The topological polar surface area (TPSA) is 20.3 Å². The minimum absolute atomic E-state index is 0.763. The molecule has 0 bridgehead atoms. The lowest BCUT2D eigenvalue weighted by atomic mass is 10.1. The Bertz CT molecular complexity index is 709. The van der Waals surface area contributed by atoms with Gasteiger partial charge in [-0.3, -0.25) is 4.79 Å². The van der Waals surface area contributed by atoms with Crippen molar-refractivity contribution in [3.05, 3.63) is 72.3 Å². The monoisotopic (exact) mass is 277 g/mol. The van der Waals surface area contributed by atoms with Crippen LogP contribution in [0.1, 0.15) is 5.56 Å². The van der Waals surface area contributed by atoms with E-state index in [-0.39, 0.29) is 0 Å². The van der Waals surface area contributed by atoms with Gasteiger partial charge < -0.3 is 4.90 Å². The second-order valence-corrected chi connectivity index (χ2v) is 4.95. The summed E-state index contributed by atoms with van der Waals surface area (Å²) in [7, 11) is 4.09. The number of carbonyl (C=O) groups is 1. The van der Waals surface area contributed by atoms with Crippen molar-refractivity contribution >= 4 is 28.8 Å². The minimum Gasteiger partial charge on any atom is -0.378 e. The van der Waals surface area contributed by atoms with E-state index in [9.17, 15) is 4.79 Å². The molecule has 0 radical (unpaired) electrons. The maximum absolute atomic E-state index is 10.1. The molecule has 0 heterocycles. The van der Waals surface area contributed by atoms with Gasteiger partial charge in [-0.2, -0.15) is 0 Å². The van der Waals surface area contributed by atoms with Crippen molar-refractivity contribution in [1.29, 1.82) is 0 Å². The van der Waals surface area contributed by atoms with E-state index >= 15 is 0 Å². The molecule has 2 aromatic rings. The van der Waals surface area contributed by atoms with Crippen molar-refractivity contribution in [2.24, 2.45) is 0 Å². The molecule has 0 aliphatic rings. The Morgan fingerprint density at radius 3 is 2.24 bits per heavy atom. The molecule has 0 amide bonds. The van der Waals surface area contributed by atoms with Gasteiger partial charge in [-0.25, -0.2) is 0 Å². The summed E-state index contributed by atoms with van der Waals surface area (Å²) in [6.07, 6.45) is 11.7. The molecule has 0 spiro atoms. The maximum Gasteiger partial charge on any atom is 0.142 e. The van der Waals surface area contributed by atoms with Crippen molar-refractivity contribution in [2.45, 2.75) is 0 Å². The predicted molar refractivity (Wildman–Crippen MR) is 91.7 cm³/mol. The summed E-state index contributed by atoms with van der Waals surface area (Å²) in [4.78, 5) is 12.2. The fourth-order valence-corrected chi connectivity index (χ4v) is 2.04. The Kier molecular flexibility index (Phi) is 5.10. The molecule has 21 heavy (non-hydrogen) atoms. The van der Waals surface area contributed by atoms with Gasteiger partial charge in [-0.15, -0.1) is 0 Å². The normalized spacial score (nSPS) is 11.9. The third-order valence-corrected chi connectivity index (χ3v) is 3.18. The molecule has 0 aliphatic carbocycles. The van der Waals surface area contributed by atoms with E-state index in [4.69, 9.17) is 0 Å². The van der Waals surface area contributed by atoms with Crippen molar-refractivity contribution in [1.82, 2.24) is 0 Å². The molecule has 2 rings (SSSR count). The first-order valence-corrected chi connectivity index (χ1v) is 6.87. The Morgan fingerprint density at radius 2 is 1.48 bits per heavy atom. The molecule has 0 aromatic heterocycles. The summed E-state index contributed by atoms with van der Waals surface area (Å²) >= 11 is 0. The number of anilines is 1. The van der Waals surface area contributed by atoms with E-state index in [1.807, 2.05) is 38.4 Å². The molecular formula is C19H19NO. The van der Waals surface area contributed by atoms with Crippen LogP contribution in [0.5, 0.6) is 0 Å². The van der Waals surface area contributed by atoms with Crippen LogP contribution in [-0.4, -0.2) is 20.4 Å². The largest absolute Gasteiger partial charge is 0.378 e. The third kappa shape index (κ3) is 4.18. The second-order valence-electron chi connectivity index (χ2n) is 4.95. The van der Waals surface area contributed by atoms with Crippen molar-refractivity contribution < 1.29 is 4.79 Å². The van der Waals surface area contributed by atoms with Gasteiger partial charge in [-0.05, 0) is 40.6 Å².